The molecule has 0 saturated carbocycles. The van der Waals surface area contributed by atoms with Gasteiger partial charge in [0.1, 0.15) is 0 Å². The molecule has 0 heterocycles. The molecule has 0 radical (unpaired) electrons. The fourth-order valence-corrected chi connectivity index (χ4v) is 2.30. The Bertz CT molecular complexity index is 4890. The van der Waals surface area contributed by atoms with Crippen LogP contribution in [0.5, 0.6) is 0 Å². The summed E-state index contributed by atoms with van der Waals surface area (Å²) in [4.78, 5) is 0. The monoisotopic (exact) mass is 1850 g/mol. The molecule has 0 spiro atoms. The Morgan fingerprint density at radius 1 is 0.0758 bits per heavy atom. The summed E-state index contributed by atoms with van der Waals surface area (Å²) >= 11 is 0. The molecule has 0 aliphatic heterocycles. The van der Waals surface area contributed by atoms with E-state index in [-0.39, 0.29) is 0 Å². The second-order valence-electron chi connectivity index (χ2n) is 11.7. The van der Waals surface area contributed by atoms with Crippen molar-refractivity contribution in [3.63, 3.8) is 0 Å². The first kappa shape index (κ1) is 105. The van der Waals surface area contributed by atoms with Gasteiger partial charge in [0, 0.05) is 585 Å². The molecule has 660 valence electrons. The van der Waals surface area contributed by atoms with Crippen LogP contribution in [0, 0.1) is 17.0 Å². The minimum atomic E-state index is 1.31. The van der Waals surface area contributed by atoms with E-state index in [2.05, 4.69) is 674 Å². The molecule has 0 aromatic rings. The molecule has 131 nitrogen and oxygen atoms in total. The highest BCUT2D eigenvalue weighted by Crippen LogP contribution is 2.01. The number of hydrogen-bond donors (Lipinski definition) is 1. The Morgan fingerprint density at radius 3 is 0.167 bits per heavy atom. The molecule has 131 heteroatoms. The molecule has 0 unspecified atom stereocenters. The quantitative estimate of drug-likeness (QED) is 0.0346. The fourth-order valence-electron chi connectivity index (χ4n) is 2.30. The molecule has 0 fully saturated rings. The standard InChI is InChI=1S/CHN131/c2-1-4-6-8-10-12-14-16-18-20-22-24-26-28-30-32-34-36-38-40-42-44-46-48-50-52-54-56-58-60-62-64-66-68-70-72-74-76-78-80-82-84-86-88-90-92-94-96-98-100-102-104-106-108-110-112-114-116-118-120-122-124-126-128-130-132-131-129-127-125-123-121-119-117-115-113-111-109-107-105-103-101-99-97-95-93-91-89-87-85-83-81-79-77-75-73-71-69-67-65-63-61-59-57-55-53-51-49-47-45-43-41-39-37-35-33-31-29-27-25-23-21-19-17-15-13-11-9-7-5-3/h3H/b5-3?,6-4+,9-7+,10-8+,13-11+,14-12+,17-15+,18-16+,21-19+,22-20+,25-23+,26-24+,29-27+,30-28+,33-31+,34-32+,37-35+,38-36+,41-39+,42-40+,45-43+,46-44+,49-47+,50-48+,53-51+,54-52+,57-55+,58-56+,61-59+,62-60+,65-63+,66-64+,69-67+,70-68+,73-71+,74-72+,77-75+,78-76+,81-79+,82-80+,85-83+,86-84+,89-87+,90-88+,93-91+,94-92+,97-95+,98-96+,101-99+,102-100+,105-103+,106-104+,109-107+,110-108+,113-111+,114-112+,117-115+,118-116+,121-119+,122-120+,125-123+,126-124+,129-127+,130-128+,132-131+. The second-order valence-corrected chi connectivity index (χ2v) is 11.7. The van der Waals surface area contributed by atoms with E-state index in [9.17, 15) is 0 Å². The maximum atomic E-state index is 8.04. The molecule has 0 rings (SSSR count). The Labute approximate surface area is 690 Å². The van der Waals surface area contributed by atoms with E-state index in [0.717, 1.165) is 0 Å². The zero-order chi connectivity index (χ0) is 93.9. The van der Waals surface area contributed by atoms with Crippen LogP contribution in [0.1, 0.15) is 0 Å². The van der Waals surface area contributed by atoms with Gasteiger partial charge in [-0.05, 0) is 88.7 Å². The van der Waals surface area contributed by atoms with Gasteiger partial charge in [0.25, 0.3) is 0 Å². The maximum Gasteiger partial charge on any atom is 0.227 e. The summed E-state index contributed by atoms with van der Waals surface area (Å²) in [6.45, 7) is 0. The van der Waals surface area contributed by atoms with Gasteiger partial charge in [0.05, 0.1) is 0 Å². The van der Waals surface area contributed by atoms with Gasteiger partial charge in [-0.2, -0.15) is 10.8 Å². The van der Waals surface area contributed by atoms with E-state index in [1.165, 1.54) is 6.19 Å². The molecule has 0 bridgehead atoms. The highest BCUT2D eigenvalue weighted by Gasteiger charge is 1.83. The fraction of sp³-hybridized carbons (Fsp3) is 0. The molecule has 0 amide bonds. The molecule has 0 aromatic carbocycles. The van der Waals surface area contributed by atoms with E-state index < -0.39 is 0 Å². The lowest BCUT2D eigenvalue weighted by Gasteiger charge is -1.71. The van der Waals surface area contributed by atoms with Crippen molar-refractivity contribution in [3.8, 4) is 6.19 Å². The summed E-state index contributed by atoms with van der Waals surface area (Å²) in [6, 6.07) is 0. The van der Waals surface area contributed by atoms with Crippen LogP contribution in [-0.2, 0) is 0 Å². The zero-order valence-corrected chi connectivity index (χ0v) is 59.1. The van der Waals surface area contributed by atoms with E-state index >= 15 is 0 Å². The van der Waals surface area contributed by atoms with Gasteiger partial charge in [-0.1, -0.05) is 0 Å². The molecular weight excluding hydrogens is 1850 g/mol. The normalized spacial score (nSPS) is 15.6. The van der Waals surface area contributed by atoms with E-state index in [4.69, 9.17) is 10.8 Å². The largest absolute Gasteiger partial charge is 0.227 e. The van der Waals surface area contributed by atoms with E-state index in [1.807, 2.05) is 0 Å². The van der Waals surface area contributed by atoms with Crippen LogP contribution in [-0.4, -0.2) is 0 Å². The number of nitrogens with zero attached hydrogens (tertiary/aromatic N) is 130. The van der Waals surface area contributed by atoms with Crippen molar-refractivity contribution in [2.75, 3.05) is 0 Å². The first-order valence-corrected chi connectivity index (χ1v) is 26.3. The summed E-state index contributed by atoms with van der Waals surface area (Å²) < 4.78 is 0. The lowest BCUT2D eigenvalue weighted by molar-refractivity contribution is 0.722. The van der Waals surface area contributed by atoms with Gasteiger partial charge >= 0.3 is 0 Å². The van der Waals surface area contributed by atoms with Crippen molar-refractivity contribution in [3.05, 3.63) is 0 Å². The predicted octanol–water partition coefficient (Wildman–Crippen LogP) is 24.0. The Hall–Kier alpha value is -26.5. The van der Waals surface area contributed by atoms with Gasteiger partial charge in [0.15, 0.2) is 0 Å². The van der Waals surface area contributed by atoms with Crippen LogP contribution < -0.4 is 0 Å². The third-order valence-electron chi connectivity index (χ3n) is 5.17. The van der Waals surface area contributed by atoms with E-state index in [1.54, 1.807) is 0 Å². The minimum Gasteiger partial charge on any atom is -0.183 e. The molecule has 0 aromatic heterocycles. The lowest BCUT2D eigenvalue weighted by Crippen LogP contribution is -1.52. The summed E-state index contributed by atoms with van der Waals surface area (Å²) in [5.41, 5.74) is 6.27. The average molecular weight is 1850 g/mol. The highest BCUT2D eigenvalue weighted by molar-refractivity contribution is 4.56. The number of rotatable bonds is 64. The summed E-state index contributed by atoms with van der Waals surface area (Å²) in [5, 5.41) is 393. The smallest absolute Gasteiger partial charge is 0.183 e. The molecule has 0 aliphatic carbocycles. The SMILES string of the molecule is N#C/N=N/N=N/N=N/N=N/N=N/N=N/N=N/N=N/N=N/N=N/N=N/N=N/N=N/N=N/N=N/N=N/N=N/N=N/N=N/N=N/N=N/N=N/N=N/N=N/N=N/N=N/N=N/N=N/N=N/N=N/N=N/N=N/N=N/N=N/N=N/N=N/N=N/N=N/N=N/N=N/N=N/N=N/N=N/N=N/N=N/N=N/N=N/N=N/N=N/N=N/N=N/N=N/N=N/N=N/N=N/N=N/N=N/N=N/N=N/N=N/N=N/N=N/N=N/N=N/N=N. The number of nitrogens with one attached hydrogen (secondary N) is 1. The third-order valence-corrected chi connectivity index (χ3v) is 5.17. The molecule has 0 atom stereocenters. The predicted molar refractivity (Wildman–Crippen MR) is 322 cm³/mol. The van der Waals surface area contributed by atoms with Crippen molar-refractivity contribution in [1.82, 2.24) is 0 Å². The van der Waals surface area contributed by atoms with Gasteiger partial charge in [-0.15, -0.1) is 0 Å². The molecule has 1 N–H and O–H groups in total. The maximum absolute atomic E-state index is 8.04. The van der Waals surface area contributed by atoms with Crippen LogP contribution in [0.3, 0.4) is 0 Å². The highest BCUT2D eigenvalue weighted by atomic mass is 15.8. The molecule has 0 saturated heterocycles. The molecule has 132 heavy (non-hydrogen) atoms. The summed E-state index contributed by atoms with van der Waals surface area (Å²) in [6.07, 6.45) is 1.31. The Kier molecular flexibility index (Phi) is 83.5. The number of nitriles is 1. The van der Waals surface area contributed by atoms with Gasteiger partial charge in [0.2, 0.25) is 6.19 Å². The van der Waals surface area contributed by atoms with Crippen molar-refractivity contribution in [2.45, 2.75) is 0 Å². The molecule has 0 aliphatic rings. The van der Waals surface area contributed by atoms with Crippen LogP contribution in [0.15, 0.2) is 674 Å². The van der Waals surface area contributed by atoms with Crippen LogP contribution in [0.4, 0.5) is 0 Å². The van der Waals surface area contributed by atoms with Crippen molar-refractivity contribution in [1.29, 1.82) is 10.8 Å². The minimum absolute atomic E-state index is 1.31. The Balaban J connectivity index is 4.14. The van der Waals surface area contributed by atoms with Crippen molar-refractivity contribution in [2.24, 2.45) is 674 Å². The third kappa shape index (κ3) is 103. The zero-order valence-electron chi connectivity index (χ0n) is 59.1. The Morgan fingerprint density at radius 2 is 0.121 bits per heavy atom. The first-order valence-electron chi connectivity index (χ1n) is 26.3. The summed E-state index contributed by atoms with van der Waals surface area (Å²) in [7, 11) is 0. The number of hydrogen-bond acceptors (Lipinski definition) is 3. The van der Waals surface area contributed by atoms with Gasteiger partial charge in [-0.25, -0.2) is 0 Å². The molecular formula is CHN131. The van der Waals surface area contributed by atoms with Crippen molar-refractivity contribution < 1.29 is 0 Å². The average Bonchev–Trinajstić information content (AvgIpc) is 1.11. The van der Waals surface area contributed by atoms with Crippen LogP contribution in [0.2, 0.25) is 0 Å². The summed E-state index contributed by atoms with van der Waals surface area (Å²) in [5.74, 6) is 0. The van der Waals surface area contributed by atoms with E-state index in [0.29, 0.717) is 0 Å². The lowest BCUT2D eigenvalue weighted by atomic mass is 11.5. The first-order chi connectivity index (χ1) is 65.9. The van der Waals surface area contributed by atoms with Gasteiger partial charge < -0.3 is 0 Å². The topological polar surface area (TPSA) is 1640 Å². The van der Waals surface area contributed by atoms with Crippen molar-refractivity contribution >= 4 is 0 Å². The second kappa shape index (κ2) is 104. The van der Waals surface area contributed by atoms with Crippen LogP contribution >= 0.6 is 0 Å². The van der Waals surface area contributed by atoms with Crippen LogP contribution in [0.25, 0.3) is 0 Å². The van der Waals surface area contributed by atoms with Gasteiger partial charge in [-0.3, -0.25) is 0 Å².